The van der Waals surface area contributed by atoms with Crippen LogP contribution in [0.5, 0.6) is 0 Å². The van der Waals surface area contributed by atoms with E-state index in [0.29, 0.717) is 0 Å². The van der Waals surface area contributed by atoms with Gasteiger partial charge in [0.1, 0.15) is 11.5 Å². The third-order valence-electron chi connectivity index (χ3n) is 3.83. The number of rotatable bonds is 4. The van der Waals surface area contributed by atoms with Gasteiger partial charge in [-0.05, 0) is 50.6 Å². The summed E-state index contributed by atoms with van der Waals surface area (Å²) in [5.41, 5.74) is 3.53. The van der Waals surface area contributed by atoms with Crippen LogP contribution in [0.15, 0.2) is 47.0 Å². The van der Waals surface area contributed by atoms with Crippen LogP contribution in [0.3, 0.4) is 0 Å². The number of hydrogen-bond acceptors (Lipinski definition) is 3. The molecule has 3 heteroatoms. The number of pyridine rings is 1. The van der Waals surface area contributed by atoms with Crippen LogP contribution in [-0.2, 0) is 6.54 Å². The third-order valence-corrected chi connectivity index (χ3v) is 3.83. The Bertz CT molecular complexity index is 761. The molecule has 3 rings (SSSR count). The van der Waals surface area contributed by atoms with Gasteiger partial charge in [0.25, 0.3) is 0 Å². The van der Waals surface area contributed by atoms with E-state index >= 15 is 0 Å². The van der Waals surface area contributed by atoms with Crippen molar-refractivity contribution < 1.29 is 4.42 Å². The summed E-state index contributed by atoms with van der Waals surface area (Å²) in [7, 11) is 0. The summed E-state index contributed by atoms with van der Waals surface area (Å²) in [6.45, 7) is 7.00. The van der Waals surface area contributed by atoms with Crippen molar-refractivity contribution in [1.82, 2.24) is 10.3 Å². The topological polar surface area (TPSA) is 38.1 Å². The molecule has 3 aromatic rings. The highest BCUT2D eigenvalue weighted by Gasteiger charge is 2.12. The first-order valence-electron chi connectivity index (χ1n) is 7.27. The lowest BCUT2D eigenvalue weighted by molar-refractivity contribution is 0.489. The van der Waals surface area contributed by atoms with Crippen molar-refractivity contribution in [1.29, 1.82) is 0 Å². The number of aryl methyl sites for hydroxylation is 2. The fourth-order valence-corrected chi connectivity index (χ4v) is 2.70. The van der Waals surface area contributed by atoms with E-state index in [1.165, 1.54) is 16.5 Å². The van der Waals surface area contributed by atoms with Gasteiger partial charge in [-0.2, -0.15) is 0 Å². The average Bonchev–Trinajstić information content (AvgIpc) is 2.83. The van der Waals surface area contributed by atoms with Gasteiger partial charge in [-0.15, -0.1) is 0 Å². The van der Waals surface area contributed by atoms with Crippen molar-refractivity contribution >= 4 is 10.9 Å². The SMILES string of the molecule is Cc1cc(C(C)NCc2ccc3ncccc3c2)c(C)o1. The van der Waals surface area contributed by atoms with E-state index in [4.69, 9.17) is 4.42 Å². The van der Waals surface area contributed by atoms with Crippen LogP contribution in [-0.4, -0.2) is 4.98 Å². The minimum Gasteiger partial charge on any atom is -0.466 e. The molecule has 0 aliphatic carbocycles. The van der Waals surface area contributed by atoms with E-state index in [1.807, 2.05) is 26.1 Å². The number of hydrogen-bond donors (Lipinski definition) is 1. The summed E-state index contributed by atoms with van der Waals surface area (Å²) in [5, 5.41) is 4.73. The van der Waals surface area contributed by atoms with Crippen molar-refractivity contribution in [2.75, 3.05) is 0 Å². The van der Waals surface area contributed by atoms with Gasteiger partial charge in [-0.3, -0.25) is 4.98 Å². The highest BCUT2D eigenvalue weighted by atomic mass is 16.3. The zero-order chi connectivity index (χ0) is 14.8. The molecule has 108 valence electrons. The second kappa shape index (κ2) is 5.70. The first kappa shape index (κ1) is 13.8. The maximum absolute atomic E-state index is 5.60. The molecule has 21 heavy (non-hydrogen) atoms. The van der Waals surface area contributed by atoms with Crippen LogP contribution in [0, 0.1) is 13.8 Å². The molecular formula is C18H20N2O. The van der Waals surface area contributed by atoms with Crippen LogP contribution in [0.25, 0.3) is 10.9 Å². The number of aromatic nitrogens is 1. The fourth-order valence-electron chi connectivity index (χ4n) is 2.70. The second-order valence-corrected chi connectivity index (χ2v) is 5.50. The molecule has 2 aromatic heterocycles. The Morgan fingerprint density at radius 2 is 2.05 bits per heavy atom. The van der Waals surface area contributed by atoms with Crippen molar-refractivity contribution in [3.63, 3.8) is 0 Å². The summed E-state index contributed by atoms with van der Waals surface area (Å²) in [4.78, 5) is 4.35. The van der Waals surface area contributed by atoms with E-state index in [0.717, 1.165) is 23.6 Å². The number of nitrogens with one attached hydrogen (secondary N) is 1. The van der Waals surface area contributed by atoms with Crippen LogP contribution >= 0.6 is 0 Å². The molecule has 0 spiro atoms. The summed E-state index contributed by atoms with van der Waals surface area (Å²) in [6.07, 6.45) is 1.83. The van der Waals surface area contributed by atoms with Gasteiger partial charge in [0.2, 0.25) is 0 Å². The monoisotopic (exact) mass is 280 g/mol. The van der Waals surface area contributed by atoms with Crippen LogP contribution in [0.4, 0.5) is 0 Å². The van der Waals surface area contributed by atoms with Crippen LogP contribution in [0.2, 0.25) is 0 Å². The Morgan fingerprint density at radius 1 is 1.19 bits per heavy atom. The Morgan fingerprint density at radius 3 is 2.81 bits per heavy atom. The standard InChI is InChI=1S/C18H20N2O/c1-12-9-17(14(3)21-12)13(2)20-11-15-6-7-18-16(10-15)5-4-8-19-18/h4-10,13,20H,11H2,1-3H3. The van der Waals surface area contributed by atoms with Gasteiger partial charge in [-0.25, -0.2) is 0 Å². The molecule has 1 aromatic carbocycles. The number of furan rings is 1. The lowest BCUT2D eigenvalue weighted by Gasteiger charge is -2.13. The zero-order valence-electron chi connectivity index (χ0n) is 12.7. The van der Waals surface area contributed by atoms with E-state index in [1.54, 1.807) is 0 Å². The largest absolute Gasteiger partial charge is 0.466 e. The molecule has 0 radical (unpaired) electrons. The zero-order valence-corrected chi connectivity index (χ0v) is 12.7. The number of fused-ring (bicyclic) bond motifs is 1. The lowest BCUT2D eigenvalue weighted by Crippen LogP contribution is -2.18. The maximum atomic E-state index is 5.60. The predicted octanol–water partition coefficient (Wildman–Crippen LogP) is 4.30. The van der Waals surface area contributed by atoms with Gasteiger partial charge in [0.15, 0.2) is 0 Å². The molecule has 0 saturated carbocycles. The second-order valence-electron chi connectivity index (χ2n) is 5.50. The lowest BCUT2D eigenvalue weighted by atomic mass is 10.1. The smallest absolute Gasteiger partial charge is 0.105 e. The summed E-state index contributed by atoms with van der Waals surface area (Å²) < 4.78 is 5.60. The summed E-state index contributed by atoms with van der Waals surface area (Å²) in [5.74, 6) is 1.96. The van der Waals surface area contributed by atoms with E-state index < -0.39 is 0 Å². The Balaban J connectivity index is 1.72. The Hall–Kier alpha value is -2.13. The van der Waals surface area contributed by atoms with Gasteiger partial charge in [0.05, 0.1) is 5.52 Å². The number of benzene rings is 1. The molecule has 0 aliphatic heterocycles. The van der Waals surface area contributed by atoms with E-state index in [2.05, 4.69) is 47.6 Å². The molecule has 3 nitrogen and oxygen atoms in total. The molecule has 0 amide bonds. The number of nitrogens with zero attached hydrogens (tertiary/aromatic N) is 1. The highest BCUT2D eigenvalue weighted by molar-refractivity contribution is 5.78. The fraction of sp³-hybridized carbons (Fsp3) is 0.278. The molecule has 1 atom stereocenters. The third kappa shape index (κ3) is 2.98. The van der Waals surface area contributed by atoms with Crippen molar-refractivity contribution in [2.45, 2.75) is 33.4 Å². The van der Waals surface area contributed by atoms with Gasteiger partial charge >= 0.3 is 0 Å². The predicted molar refractivity (Wildman–Crippen MR) is 85.2 cm³/mol. The van der Waals surface area contributed by atoms with E-state index in [9.17, 15) is 0 Å². The Labute approximate surface area is 125 Å². The molecule has 0 saturated heterocycles. The molecule has 0 bridgehead atoms. The van der Waals surface area contributed by atoms with Crippen molar-refractivity contribution in [3.8, 4) is 0 Å². The molecule has 2 heterocycles. The molecule has 1 N–H and O–H groups in total. The Kier molecular flexibility index (Phi) is 3.76. The van der Waals surface area contributed by atoms with Crippen molar-refractivity contribution in [3.05, 3.63) is 65.2 Å². The van der Waals surface area contributed by atoms with Crippen LogP contribution in [0.1, 0.15) is 35.6 Å². The molecule has 1 unspecified atom stereocenters. The minimum atomic E-state index is 0.270. The van der Waals surface area contributed by atoms with Gasteiger partial charge in [0, 0.05) is 29.7 Å². The normalized spacial score (nSPS) is 12.7. The van der Waals surface area contributed by atoms with Gasteiger partial charge < -0.3 is 9.73 Å². The van der Waals surface area contributed by atoms with Crippen LogP contribution < -0.4 is 5.32 Å². The molecule has 0 aliphatic rings. The first-order valence-corrected chi connectivity index (χ1v) is 7.27. The molecular weight excluding hydrogens is 260 g/mol. The van der Waals surface area contributed by atoms with Gasteiger partial charge in [-0.1, -0.05) is 12.1 Å². The highest BCUT2D eigenvalue weighted by Crippen LogP contribution is 2.22. The summed E-state index contributed by atoms with van der Waals surface area (Å²) in [6, 6.07) is 12.8. The van der Waals surface area contributed by atoms with E-state index in [-0.39, 0.29) is 6.04 Å². The van der Waals surface area contributed by atoms with Crippen molar-refractivity contribution in [2.24, 2.45) is 0 Å². The maximum Gasteiger partial charge on any atom is 0.105 e. The minimum absolute atomic E-state index is 0.270. The first-order chi connectivity index (χ1) is 10.1. The molecule has 0 fully saturated rings. The summed E-state index contributed by atoms with van der Waals surface area (Å²) >= 11 is 0. The average molecular weight is 280 g/mol. The quantitative estimate of drug-likeness (QED) is 0.774.